The van der Waals surface area contributed by atoms with Gasteiger partial charge in [-0.1, -0.05) is 29.3 Å². The van der Waals surface area contributed by atoms with E-state index in [1.807, 2.05) is 36.1 Å². The van der Waals surface area contributed by atoms with Gasteiger partial charge in [-0.3, -0.25) is 9.69 Å². The smallest absolute Gasteiger partial charge is 0.253 e. The number of nitrogens with zero attached hydrogens (tertiary/aromatic N) is 2. The monoisotopic (exact) mass is 356 g/mol. The highest BCUT2D eigenvalue weighted by molar-refractivity contribution is 5.94. The van der Waals surface area contributed by atoms with E-state index in [2.05, 4.69) is 24.8 Å². The van der Waals surface area contributed by atoms with E-state index in [4.69, 9.17) is 0 Å². The van der Waals surface area contributed by atoms with Crippen LogP contribution in [0.15, 0.2) is 35.9 Å². The van der Waals surface area contributed by atoms with Crippen molar-refractivity contribution in [2.24, 2.45) is 5.41 Å². The predicted molar refractivity (Wildman–Crippen MR) is 105 cm³/mol. The van der Waals surface area contributed by atoms with E-state index in [1.165, 1.54) is 5.57 Å². The molecule has 2 aliphatic rings. The van der Waals surface area contributed by atoms with Crippen molar-refractivity contribution in [3.05, 3.63) is 47.0 Å². The Bertz CT molecular complexity index is 663. The normalized spacial score (nSPS) is 26.8. The number of allylic oxidation sites excluding steroid dienone is 1. The lowest BCUT2D eigenvalue weighted by molar-refractivity contribution is -0.0762. The van der Waals surface area contributed by atoms with Crippen LogP contribution in [0.25, 0.3) is 0 Å². The summed E-state index contributed by atoms with van der Waals surface area (Å²) in [5.41, 5.74) is 3.05. The van der Waals surface area contributed by atoms with Gasteiger partial charge in [-0.2, -0.15) is 0 Å². The van der Waals surface area contributed by atoms with Crippen LogP contribution in [-0.2, 0) is 0 Å². The van der Waals surface area contributed by atoms with Crippen LogP contribution >= 0.6 is 0 Å². The van der Waals surface area contributed by atoms with Crippen LogP contribution in [0.2, 0.25) is 0 Å². The largest absolute Gasteiger partial charge is 0.392 e. The molecule has 1 spiro atoms. The number of piperidine rings is 2. The van der Waals surface area contributed by atoms with Gasteiger partial charge >= 0.3 is 0 Å². The van der Waals surface area contributed by atoms with Gasteiger partial charge in [0.05, 0.1) is 6.10 Å². The van der Waals surface area contributed by atoms with Crippen molar-refractivity contribution < 1.29 is 9.90 Å². The highest BCUT2D eigenvalue weighted by atomic mass is 16.3. The summed E-state index contributed by atoms with van der Waals surface area (Å²) in [4.78, 5) is 17.4. The van der Waals surface area contributed by atoms with Crippen LogP contribution in [0.1, 0.15) is 49.0 Å². The second kappa shape index (κ2) is 7.93. The van der Waals surface area contributed by atoms with Crippen LogP contribution in [0, 0.1) is 12.3 Å². The van der Waals surface area contributed by atoms with Crippen molar-refractivity contribution in [3.8, 4) is 0 Å². The van der Waals surface area contributed by atoms with Gasteiger partial charge in [-0.15, -0.1) is 0 Å². The first-order valence-electron chi connectivity index (χ1n) is 9.79. The van der Waals surface area contributed by atoms with E-state index in [9.17, 15) is 9.90 Å². The summed E-state index contributed by atoms with van der Waals surface area (Å²) in [5, 5.41) is 10.8. The van der Waals surface area contributed by atoms with E-state index in [0.717, 1.165) is 56.6 Å². The minimum Gasteiger partial charge on any atom is -0.392 e. The summed E-state index contributed by atoms with van der Waals surface area (Å²) in [6.07, 6.45) is 4.69. The molecule has 4 heteroatoms. The summed E-state index contributed by atoms with van der Waals surface area (Å²) >= 11 is 0. The molecule has 2 atom stereocenters. The minimum atomic E-state index is -0.320. The Kier molecular flexibility index (Phi) is 5.83. The maximum absolute atomic E-state index is 13.0. The van der Waals surface area contributed by atoms with E-state index >= 15 is 0 Å². The number of carbonyl (C=O) groups is 1. The van der Waals surface area contributed by atoms with Crippen LogP contribution in [-0.4, -0.2) is 59.6 Å². The molecule has 2 aliphatic heterocycles. The van der Waals surface area contributed by atoms with Crippen molar-refractivity contribution in [2.75, 3.05) is 32.7 Å². The molecule has 26 heavy (non-hydrogen) atoms. The van der Waals surface area contributed by atoms with Gasteiger partial charge < -0.3 is 10.0 Å². The SMILES string of the molecule is CC(C)=CCN1CC[C@@H](O)[C@]2(CCCN(C(=O)c3ccc(C)cc3)C2)C1. The lowest BCUT2D eigenvalue weighted by Crippen LogP contribution is -2.59. The number of amides is 1. The lowest BCUT2D eigenvalue weighted by Gasteiger charge is -2.51. The molecular formula is C22H32N2O2. The molecule has 1 amide bonds. The Labute approximate surface area is 157 Å². The van der Waals surface area contributed by atoms with Gasteiger partial charge in [0.15, 0.2) is 0 Å². The highest BCUT2D eigenvalue weighted by Crippen LogP contribution is 2.39. The molecule has 0 unspecified atom stereocenters. The average Bonchev–Trinajstić information content (AvgIpc) is 2.63. The quantitative estimate of drug-likeness (QED) is 0.846. The zero-order valence-electron chi connectivity index (χ0n) is 16.4. The van der Waals surface area contributed by atoms with E-state index < -0.39 is 0 Å². The first-order chi connectivity index (χ1) is 12.4. The summed E-state index contributed by atoms with van der Waals surface area (Å²) in [6.45, 7) is 10.5. The molecule has 1 aromatic carbocycles. The first kappa shape index (κ1) is 19.1. The number of benzene rings is 1. The number of hydrogen-bond acceptors (Lipinski definition) is 3. The van der Waals surface area contributed by atoms with Gasteiger partial charge in [0.2, 0.25) is 0 Å². The van der Waals surface area contributed by atoms with Gasteiger partial charge in [-0.05, 0) is 52.2 Å². The number of likely N-dealkylation sites (tertiary alicyclic amines) is 2. The Morgan fingerprint density at radius 3 is 2.65 bits per heavy atom. The number of aliphatic hydroxyl groups is 1. The van der Waals surface area contributed by atoms with Gasteiger partial charge in [-0.25, -0.2) is 0 Å². The van der Waals surface area contributed by atoms with Gasteiger partial charge in [0.25, 0.3) is 5.91 Å². The molecule has 0 bridgehead atoms. The maximum Gasteiger partial charge on any atom is 0.253 e. The molecule has 3 rings (SSSR count). The number of hydrogen-bond donors (Lipinski definition) is 1. The number of carbonyl (C=O) groups excluding carboxylic acids is 1. The standard InChI is InChI=1S/C22H32N2O2/c1-17(2)9-13-23-14-10-20(25)22(15-23)11-4-12-24(16-22)21(26)19-7-5-18(3)6-8-19/h5-9,20,25H,4,10-16H2,1-3H3/t20-,22-/m1/s1. The van der Waals surface area contributed by atoms with Crippen molar-refractivity contribution >= 4 is 5.91 Å². The molecule has 1 aromatic rings. The first-order valence-corrected chi connectivity index (χ1v) is 9.79. The third-order valence-corrected chi connectivity index (χ3v) is 5.92. The molecule has 0 aromatic heterocycles. The van der Waals surface area contributed by atoms with Gasteiger partial charge in [0.1, 0.15) is 0 Å². The number of aliphatic hydroxyl groups excluding tert-OH is 1. The fourth-order valence-corrected chi connectivity index (χ4v) is 4.32. The van der Waals surface area contributed by atoms with Crippen molar-refractivity contribution in [3.63, 3.8) is 0 Å². The molecule has 1 N–H and O–H groups in total. The van der Waals surface area contributed by atoms with Crippen molar-refractivity contribution in [2.45, 2.75) is 46.1 Å². The summed E-state index contributed by atoms with van der Waals surface area (Å²) in [6, 6.07) is 7.81. The second-order valence-corrected chi connectivity index (χ2v) is 8.38. The van der Waals surface area contributed by atoms with Crippen molar-refractivity contribution in [1.82, 2.24) is 9.80 Å². The van der Waals surface area contributed by atoms with Crippen molar-refractivity contribution in [1.29, 1.82) is 0 Å². The molecule has 142 valence electrons. The average molecular weight is 357 g/mol. The molecule has 2 heterocycles. The topological polar surface area (TPSA) is 43.8 Å². The van der Waals surface area contributed by atoms with E-state index in [0.29, 0.717) is 6.54 Å². The third kappa shape index (κ3) is 4.18. The fraction of sp³-hybridized carbons (Fsp3) is 0.591. The third-order valence-electron chi connectivity index (χ3n) is 5.92. The number of rotatable bonds is 3. The second-order valence-electron chi connectivity index (χ2n) is 8.38. The van der Waals surface area contributed by atoms with Crippen LogP contribution < -0.4 is 0 Å². The molecule has 0 radical (unpaired) electrons. The minimum absolute atomic E-state index is 0.0951. The predicted octanol–water partition coefficient (Wildman–Crippen LogP) is 3.25. The van der Waals surface area contributed by atoms with E-state index in [-0.39, 0.29) is 17.4 Å². The molecular weight excluding hydrogens is 324 g/mol. The Hall–Kier alpha value is -1.65. The lowest BCUT2D eigenvalue weighted by atomic mass is 9.71. The van der Waals surface area contributed by atoms with E-state index in [1.54, 1.807) is 0 Å². The highest BCUT2D eigenvalue weighted by Gasteiger charge is 2.46. The molecule has 0 saturated carbocycles. The Morgan fingerprint density at radius 1 is 1.23 bits per heavy atom. The number of aryl methyl sites for hydroxylation is 1. The maximum atomic E-state index is 13.0. The molecule has 2 saturated heterocycles. The summed E-state index contributed by atoms with van der Waals surface area (Å²) < 4.78 is 0. The zero-order chi connectivity index (χ0) is 18.7. The van der Waals surface area contributed by atoms with Gasteiger partial charge in [0, 0.05) is 43.7 Å². The Morgan fingerprint density at radius 2 is 1.96 bits per heavy atom. The summed E-state index contributed by atoms with van der Waals surface area (Å²) in [7, 11) is 0. The van der Waals surface area contributed by atoms with Crippen LogP contribution in [0.3, 0.4) is 0 Å². The fourth-order valence-electron chi connectivity index (χ4n) is 4.32. The Balaban J connectivity index is 1.73. The summed E-state index contributed by atoms with van der Waals surface area (Å²) in [5.74, 6) is 0.0951. The van der Waals surface area contributed by atoms with Crippen LogP contribution in [0.4, 0.5) is 0 Å². The molecule has 0 aliphatic carbocycles. The molecule has 4 nitrogen and oxygen atoms in total. The zero-order valence-corrected chi connectivity index (χ0v) is 16.4. The molecule has 2 fully saturated rings. The van der Waals surface area contributed by atoms with Crippen LogP contribution in [0.5, 0.6) is 0 Å².